The van der Waals surface area contributed by atoms with Crippen LogP contribution in [0.5, 0.6) is 0 Å². The molecule has 0 fully saturated rings. The fraction of sp³-hybridized carbons (Fsp3) is 0.286. The number of esters is 1. The predicted molar refractivity (Wildman–Crippen MR) is 64.8 cm³/mol. The van der Waals surface area contributed by atoms with Gasteiger partial charge in [0.15, 0.2) is 0 Å². The number of hydrogen-bond donors (Lipinski definition) is 0. The molecule has 0 spiro atoms. The lowest BCUT2D eigenvalue weighted by Crippen LogP contribution is -2.12. The highest BCUT2D eigenvalue weighted by Crippen LogP contribution is 2.34. The van der Waals surface area contributed by atoms with Gasteiger partial charge in [0.05, 0.1) is 24.2 Å². The number of methoxy groups -OCH3 is 1. The number of ether oxygens (including phenoxy) is 1. The molecule has 0 saturated carbocycles. The van der Waals surface area contributed by atoms with Crippen molar-refractivity contribution in [3.8, 4) is 0 Å². The number of nitrogens with zero attached hydrogens (tertiary/aromatic N) is 1. The Morgan fingerprint density at radius 2 is 2.24 bits per heavy atom. The van der Waals surface area contributed by atoms with Crippen LogP contribution in [0.1, 0.15) is 23.6 Å². The minimum Gasteiger partial charge on any atom is -0.469 e. The number of carbonyl (C=O) groups excluding carboxylic acids is 1. The van der Waals surface area contributed by atoms with Crippen molar-refractivity contribution >= 4 is 16.9 Å². The largest absolute Gasteiger partial charge is 0.469 e. The summed E-state index contributed by atoms with van der Waals surface area (Å²) in [6, 6.07) is 10.1. The van der Waals surface area contributed by atoms with Crippen LogP contribution >= 0.6 is 0 Å². The Labute approximate surface area is 99.4 Å². The van der Waals surface area contributed by atoms with Crippen LogP contribution in [0.3, 0.4) is 0 Å². The van der Waals surface area contributed by atoms with E-state index in [4.69, 9.17) is 4.74 Å². The normalized spacial score (nSPS) is 18.1. The number of fused-ring (bicyclic) bond motifs is 2. The topological polar surface area (TPSA) is 39.2 Å². The van der Waals surface area contributed by atoms with E-state index >= 15 is 0 Å². The van der Waals surface area contributed by atoms with E-state index in [-0.39, 0.29) is 11.9 Å². The van der Waals surface area contributed by atoms with Crippen LogP contribution < -0.4 is 0 Å². The molecule has 3 nitrogen and oxygen atoms in total. The number of rotatable bonds is 1. The van der Waals surface area contributed by atoms with Gasteiger partial charge in [0.25, 0.3) is 0 Å². The van der Waals surface area contributed by atoms with Crippen molar-refractivity contribution in [1.29, 1.82) is 0 Å². The van der Waals surface area contributed by atoms with Crippen LogP contribution in [0.15, 0.2) is 30.3 Å². The van der Waals surface area contributed by atoms with E-state index in [0.717, 1.165) is 29.4 Å². The first-order valence-corrected chi connectivity index (χ1v) is 5.76. The zero-order chi connectivity index (χ0) is 11.8. The second kappa shape index (κ2) is 3.84. The molecule has 17 heavy (non-hydrogen) atoms. The lowest BCUT2D eigenvalue weighted by atomic mass is 10.1. The van der Waals surface area contributed by atoms with Crippen LogP contribution in [0.4, 0.5) is 0 Å². The molecular formula is C14H13NO2. The van der Waals surface area contributed by atoms with Crippen molar-refractivity contribution in [3.63, 3.8) is 0 Å². The molecule has 0 radical (unpaired) electrons. The second-order valence-corrected chi connectivity index (χ2v) is 4.34. The van der Waals surface area contributed by atoms with Gasteiger partial charge < -0.3 is 4.74 Å². The molecule has 1 atom stereocenters. The molecule has 0 aliphatic heterocycles. The molecule has 0 amide bonds. The lowest BCUT2D eigenvalue weighted by Gasteiger charge is -2.08. The third-order valence-corrected chi connectivity index (χ3v) is 3.35. The highest BCUT2D eigenvalue weighted by atomic mass is 16.5. The van der Waals surface area contributed by atoms with Gasteiger partial charge in [-0.1, -0.05) is 18.2 Å². The van der Waals surface area contributed by atoms with E-state index in [1.165, 1.54) is 12.7 Å². The standard InChI is InChI=1S/C14H13NO2/c1-17-14(16)11-7-6-10-8-9-4-2-3-5-12(9)15-13(10)11/h2-5,8,11H,6-7H2,1H3. The molecule has 86 valence electrons. The summed E-state index contributed by atoms with van der Waals surface area (Å²) < 4.78 is 4.82. The molecule has 3 heteroatoms. The zero-order valence-electron chi connectivity index (χ0n) is 9.64. The maximum atomic E-state index is 11.7. The van der Waals surface area contributed by atoms with E-state index in [9.17, 15) is 4.79 Å². The Bertz CT molecular complexity index is 592. The minimum atomic E-state index is -0.181. The van der Waals surface area contributed by atoms with Gasteiger partial charge in [-0.2, -0.15) is 0 Å². The van der Waals surface area contributed by atoms with Gasteiger partial charge >= 0.3 is 5.97 Å². The number of hydrogen-bond acceptors (Lipinski definition) is 3. The maximum Gasteiger partial charge on any atom is 0.314 e. The molecule has 1 aromatic carbocycles. The van der Waals surface area contributed by atoms with Gasteiger partial charge in [0.2, 0.25) is 0 Å². The maximum absolute atomic E-state index is 11.7. The van der Waals surface area contributed by atoms with Crippen molar-refractivity contribution in [2.24, 2.45) is 0 Å². The molecule has 0 bridgehead atoms. The molecule has 1 aromatic heterocycles. The number of aryl methyl sites for hydroxylation is 1. The summed E-state index contributed by atoms with van der Waals surface area (Å²) in [5, 5.41) is 1.14. The first-order chi connectivity index (χ1) is 8.29. The molecule has 0 N–H and O–H groups in total. The lowest BCUT2D eigenvalue weighted by molar-refractivity contribution is -0.142. The third kappa shape index (κ3) is 1.58. The summed E-state index contributed by atoms with van der Waals surface area (Å²) in [6.07, 6.45) is 1.72. The summed E-state index contributed by atoms with van der Waals surface area (Å²) in [5.74, 6) is -0.355. The van der Waals surface area contributed by atoms with E-state index in [2.05, 4.69) is 11.1 Å². The van der Waals surface area contributed by atoms with Crippen LogP contribution in [-0.4, -0.2) is 18.1 Å². The average Bonchev–Trinajstić information content (AvgIpc) is 2.78. The van der Waals surface area contributed by atoms with Gasteiger partial charge in [-0.3, -0.25) is 9.78 Å². The summed E-state index contributed by atoms with van der Waals surface area (Å²) >= 11 is 0. The fourth-order valence-corrected chi connectivity index (χ4v) is 2.48. The van der Waals surface area contributed by atoms with E-state index < -0.39 is 0 Å². The molecule has 1 aliphatic carbocycles. The van der Waals surface area contributed by atoms with E-state index in [0.29, 0.717) is 0 Å². The van der Waals surface area contributed by atoms with Crippen molar-refractivity contribution in [2.45, 2.75) is 18.8 Å². The van der Waals surface area contributed by atoms with Crippen molar-refractivity contribution in [2.75, 3.05) is 7.11 Å². The van der Waals surface area contributed by atoms with E-state index in [1.807, 2.05) is 24.3 Å². The van der Waals surface area contributed by atoms with E-state index in [1.54, 1.807) is 0 Å². The number of carbonyl (C=O) groups is 1. The Kier molecular flexibility index (Phi) is 2.32. The van der Waals surface area contributed by atoms with Gasteiger partial charge in [0, 0.05) is 5.39 Å². The molecule has 1 heterocycles. The Hall–Kier alpha value is -1.90. The summed E-state index contributed by atoms with van der Waals surface area (Å²) in [7, 11) is 1.43. The van der Waals surface area contributed by atoms with Crippen LogP contribution in [0.2, 0.25) is 0 Å². The van der Waals surface area contributed by atoms with Crippen LogP contribution in [0.25, 0.3) is 10.9 Å². The van der Waals surface area contributed by atoms with Crippen LogP contribution in [0, 0.1) is 0 Å². The first kappa shape index (κ1) is 10.3. The Morgan fingerprint density at radius 3 is 3.06 bits per heavy atom. The molecule has 2 aromatic rings. The highest BCUT2D eigenvalue weighted by Gasteiger charge is 2.31. The molecular weight excluding hydrogens is 214 g/mol. The monoisotopic (exact) mass is 227 g/mol. The quantitative estimate of drug-likeness (QED) is 0.702. The summed E-state index contributed by atoms with van der Waals surface area (Å²) in [4.78, 5) is 16.3. The number of benzene rings is 1. The minimum absolute atomic E-state index is 0.175. The molecule has 1 aliphatic rings. The molecule has 0 saturated heterocycles. The third-order valence-electron chi connectivity index (χ3n) is 3.35. The van der Waals surface area contributed by atoms with Gasteiger partial charge in [-0.15, -0.1) is 0 Å². The number of pyridine rings is 1. The average molecular weight is 227 g/mol. The first-order valence-electron chi connectivity index (χ1n) is 5.76. The molecule has 1 unspecified atom stereocenters. The summed E-state index contributed by atoms with van der Waals surface area (Å²) in [6.45, 7) is 0. The SMILES string of the molecule is COC(=O)C1CCc2cc3ccccc3nc21. The number of aromatic nitrogens is 1. The predicted octanol–water partition coefficient (Wildman–Crippen LogP) is 2.44. The highest BCUT2D eigenvalue weighted by molar-refractivity contribution is 5.84. The fourth-order valence-electron chi connectivity index (χ4n) is 2.48. The van der Waals surface area contributed by atoms with Gasteiger partial charge in [0.1, 0.15) is 0 Å². The number of para-hydroxylation sites is 1. The Morgan fingerprint density at radius 1 is 1.41 bits per heavy atom. The smallest absolute Gasteiger partial charge is 0.314 e. The van der Waals surface area contributed by atoms with Crippen molar-refractivity contribution < 1.29 is 9.53 Å². The van der Waals surface area contributed by atoms with Gasteiger partial charge in [-0.25, -0.2) is 0 Å². The van der Waals surface area contributed by atoms with Gasteiger partial charge in [-0.05, 0) is 30.5 Å². The van der Waals surface area contributed by atoms with Crippen molar-refractivity contribution in [3.05, 3.63) is 41.6 Å². The zero-order valence-corrected chi connectivity index (χ0v) is 9.64. The van der Waals surface area contributed by atoms with Crippen molar-refractivity contribution in [1.82, 2.24) is 4.98 Å². The summed E-state index contributed by atoms with van der Waals surface area (Å²) in [5.41, 5.74) is 3.02. The van der Waals surface area contributed by atoms with Crippen LogP contribution in [-0.2, 0) is 16.0 Å². The second-order valence-electron chi connectivity index (χ2n) is 4.34. The molecule has 3 rings (SSSR count). The Balaban J connectivity index is 2.15.